The Bertz CT molecular complexity index is 923. The Balaban J connectivity index is 1.70. The van der Waals surface area contributed by atoms with Crippen LogP contribution in [0.15, 0.2) is 34.7 Å². The van der Waals surface area contributed by atoms with Crippen molar-refractivity contribution in [3.63, 3.8) is 0 Å². The highest BCUT2D eigenvalue weighted by Crippen LogP contribution is 2.38. The van der Waals surface area contributed by atoms with Gasteiger partial charge in [0.05, 0.1) is 15.5 Å². The van der Waals surface area contributed by atoms with Crippen LogP contribution in [0, 0.1) is 0 Å². The number of primary amides is 1. The van der Waals surface area contributed by atoms with E-state index in [9.17, 15) is 19.2 Å². The Morgan fingerprint density at radius 3 is 2.45 bits per heavy atom. The van der Waals surface area contributed by atoms with E-state index < -0.39 is 23.1 Å². The SMILES string of the molecule is CCCCCC(C(N)=O)N1C(=O)SC(=C2CCN(C(=O)c3ccccc3Cl)CC2)C1=O. The molecule has 2 N–H and O–H groups in total. The van der Waals surface area contributed by atoms with E-state index in [0.29, 0.717) is 47.8 Å². The summed E-state index contributed by atoms with van der Waals surface area (Å²) in [6.07, 6.45) is 3.93. The zero-order chi connectivity index (χ0) is 22.5. The fourth-order valence-corrected chi connectivity index (χ4v) is 5.10. The van der Waals surface area contributed by atoms with Gasteiger partial charge in [0, 0.05) is 13.1 Å². The number of hydrogen-bond acceptors (Lipinski definition) is 5. The van der Waals surface area contributed by atoms with Crippen molar-refractivity contribution in [1.82, 2.24) is 9.80 Å². The van der Waals surface area contributed by atoms with Gasteiger partial charge in [-0.25, -0.2) is 0 Å². The Hall–Kier alpha value is -2.32. The maximum absolute atomic E-state index is 13.0. The number of carbonyl (C=O) groups excluding carboxylic acids is 4. The van der Waals surface area contributed by atoms with E-state index in [1.807, 2.05) is 6.92 Å². The number of hydrogen-bond donors (Lipinski definition) is 1. The summed E-state index contributed by atoms with van der Waals surface area (Å²) in [4.78, 5) is 53.3. The van der Waals surface area contributed by atoms with Crippen LogP contribution in [0.5, 0.6) is 0 Å². The van der Waals surface area contributed by atoms with Gasteiger partial charge in [-0.3, -0.25) is 24.1 Å². The molecule has 1 aromatic carbocycles. The Morgan fingerprint density at radius 2 is 1.84 bits per heavy atom. The second-order valence-corrected chi connectivity index (χ2v) is 9.03. The third-order valence-corrected chi connectivity index (χ3v) is 6.97. The highest BCUT2D eigenvalue weighted by Gasteiger charge is 2.43. The third-order valence-electron chi connectivity index (χ3n) is 5.60. The van der Waals surface area contributed by atoms with Gasteiger partial charge in [-0.05, 0) is 48.7 Å². The van der Waals surface area contributed by atoms with E-state index in [-0.39, 0.29) is 5.91 Å². The number of halogens is 1. The lowest BCUT2D eigenvalue weighted by atomic mass is 10.0. The van der Waals surface area contributed by atoms with Gasteiger partial charge in [-0.1, -0.05) is 49.9 Å². The number of rotatable bonds is 7. The lowest BCUT2D eigenvalue weighted by Crippen LogP contribution is -2.47. The predicted molar refractivity (Wildman–Crippen MR) is 121 cm³/mol. The van der Waals surface area contributed by atoms with E-state index >= 15 is 0 Å². The molecule has 3 rings (SSSR count). The van der Waals surface area contributed by atoms with Crippen molar-refractivity contribution in [2.45, 2.75) is 51.5 Å². The molecule has 0 bridgehead atoms. The largest absolute Gasteiger partial charge is 0.368 e. The maximum Gasteiger partial charge on any atom is 0.294 e. The molecule has 7 nitrogen and oxygen atoms in total. The highest BCUT2D eigenvalue weighted by molar-refractivity contribution is 8.18. The Kier molecular flexibility index (Phi) is 7.78. The lowest BCUT2D eigenvalue weighted by Gasteiger charge is -2.29. The molecule has 0 radical (unpaired) electrons. The normalized spacial score (nSPS) is 18.0. The highest BCUT2D eigenvalue weighted by atomic mass is 35.5. The summed E-state index contributed by atoms with van der Waals surface area (Å²) in [5.41, 5.74) is 6.79. The molecule has 1 atom stereocenters. The molecule has 0 saturated carbocycles. The first-order chi connectivity index (χ1) is 14.8. The number of unbranched alkanes of at least 4 members (excludes halogenated alkanes) is 2. The number of nitrogens with two attached hydrogens (primary N) is 1. The summed E-state index contributed by atoms with van der Waals surface area (Å²) < 4.78 is 0. The minimum atomic E-state index is -0.918. The summed E-state index contributed by atoms with van der Waals surface area (Å²) in [7, 11) is 0. The molecule has 2 fully saturated rings. The monoisotopic (exact) mass is 463 g/mol. The lowest BCUT2D eigenvalue weighted by molar-refractivity contribution is -0.132. The average Bonchev–Trinajstić information content (AvgIpc) is 3.05. The van der Waals surface area contributed by atoms with Gasteiger partial charge in [-0.2, -0.15) is 0 Å². The summed E-state index contributed by atoms with van der Waals surface area (Å²) >= 11 is 7.00. The van der Waals surface area contributed by atoms with Crippen LogP contribution < -0.4 is 5.73 Å². The Morgan fingerprint density at radius 1 is 1.16 bits per heavy atom. The van der Waals surface area contributed by atoms with Crippen molar-refractivity contribution in [1.29, 1.82) is 0 Å². The molecule has 1 aromatic rings. The fourth-order valence-electron chi connectivity index (χ4n) is 3.86. The quantitative estimate of drug-likeness (QED) is 0.487. The molecule has 2 aliphatic rings. The van der Waals surface area contributed by atoms with Gasteiger partial charge in [0.2, 0.25) is 5.91 Å². The van der Waals surface area contributed by atoms with Gasteiger partial charge in [-0.15, -0.1) is 0 Å². The number of amides is 4. The zero-order valence-corrected chi connectivity index (χ0v) is 19.0. The minimum absolute atomic E-state index is 0.150. The number of benzene rings is 1. The van der Waals surface area contributed by atoms with E-state index in [1.165, 1.54) is 0 Å². The van der Waals surface area contributed by atoms with Crippen LogP contribution in [0.4, 0.5) is 4.79 Å². The van der Waals surface area contributed by atoms with Crippen LogP contribution in [-0.2, 0) is 9.59 Å². The van der Waals surface area contributed by atoms with E-state index in [2.05, 4.69) is 0 Å². The van der Waals surface area contributed by atoms with Crippen molar-refractivity contribution < 1.29 is 19.2 Å². The second-order valence-electron chi connectivity index (χ2n) is 7.66. The van der Waals surface area contributed by atoms with Crippen LogP contribution in [0.1, 0.15) is 55.8 Å². The molecule has 0 aliphatic carbocycles. The first-order valence-corrected chi connectivity index (χ1v) is 11.6. The summed E-state index contributed by atoms with van der Waals surface area (Å²) in [6, 6.07) is 5.98. The molecule has 31 heavy (non-hydrogen) atoms. The fraction of sp³-hybridized carbons (Fsp3) is 0.455. The van der Waals surface area contributed by atoms with Crippen molar-refractivity contribution in [2.75, 3.05) is 13.1 Å². The topological polar surface area (TPSA) is 101 Å². The first-order valence-electron chi connectivity index (χ1n) is 10.5. The van der Waals surface area contributed by atoms with E-state index in [1.54, 1.807) is 29.2 Å². The van der Waals surface area contributed by atoms with E-state index in [4.69, 9.17) is 17.3 Å². The number of carbonyl (C=O) groups is 4. The Labute approximate surface area is 191 Å². The van der Waals surface area contributed by atoms with Gasteiger partial charge in [0.25, 0.3) is 17.1 Å². The third kappa shape index (κ3) is 5.13. The van der Waals surface area contributed by atoms with Crippen LogP contribution in [-0.4, -0.2) is 51.9 Å². The summed E-state index contributed by atoms with van der Waals surface area (Å²) in [5, 5.41) is -0.0534. The van der Waals surface area contributed by atoms with Crippen molar-refractivity contribution in [3.05, 3.63) is 45.3 Å². The molecular formula is C22H26ClN3O4S. The molecule has 1 unspecified atom stereocenters. The van der Waals surface area contributed by atoms with Crippen LogP contribution in [0.3, 0.4) is 0 Å². The van der Waals surface area contributed by atoms with Crippen LogP contribution >= 0.6 is 23.4 Å². The number of thioether (sulfide) groups is 1. The number of nitrogens with zero attached hydrogens (tertiary/aromatic N) is 2. The zero-order valence-electron chi connectivity index (χ0n) is 17.4. The first kappa shape index (κ1) is 23.3. The van der Waals surface area contributed by atoms with E-state index in [0.717, 1.165) is 41.5 Å². The van der Waals surface area contributed by atoms with Gasteiger partial charge in [0.1, 0.15) is 6.04 Å². The molecule has 0 aromatic heterocycles. The van der Waals surface area contributed by atoms with Crippen molar-refractivity contribution in [2.24, 2.45) is 5.73 Å². The van der Waals surface area contributed by atoms with Crippen LogP contribution in [0.25, 0.3) is 0 Å². The average molecular weight is 464 g/mol. The molecule has 0 spiro atoms. The van der Waals surface area contributed by atoms with Crippen LogP contribution in [0.2, 0.25) is 5.02 Å². The molecule has 166 valence electrons. The van der Waals surface area contributed by atoms with Crippen molar-refractivity contribution >= 4 is 46.3 Å². The number of piperidine rings is 1. The number of imide groups is 1. The predicted octanol–water partition coefficient (Wildman–Crippen LogP) is 3.96. The minimum Gasteiger partial charge on any atom is -0.368 e. The number of likely N-dealkylation sites (tertiary alicyclic amines) is 1. The molecule has 4 amide bonds. The molecule has 2 saturated heterocycles. The van der Waals surface area contributed by atoms with Gasteiger partial charge in [0.15, 0.2) is 0 Å². The summed E-state index contributed by atoms with van der Waals surface area (Å²) in [6.45, 7) is 2.90. The van der Waals surface area contributed by atoms with Crippen molar-refractivity contribution in [3.8, 4) is 0 Å². The standard InChI is InChI=1S/C22H26ClN3O4S/c1-2-3-4-9-17(19(24)27)26-21(29)18(31-22(26)30)14-10-12-25(13-11-14)20(28)15-7-5-6-8-16(15)23/h5-8,17H,2-4,9-13H2,1H3,(H2,24,27). The molecule has 2 heterocycles. The second kappa shape index (κ2) is 10.3. The van der Waals surface area contributed by atoms with Gasteiger partial charge < -0.3 is 10.6 Å². The molecule has 9 heteroatoms. The molecule has 2 aliphatic heterocycles. The molecular weight excluding hydrogens is 438 g/mol. The smallest absolute Gasteiger partial charge is 0.294 e. The summed E-state index contributed by atoms with van der Waals surface area (Å²) in [5.74, 6) is -1.26. The maximum atomic E-state index is 13.0. The van der Waals surface area contributed by atoms with Gasteiger partial charge >= 0.3 is 0 Å².